The van der Waals surface area contributed by atoms with Crippen LogP contribution in [-0.2, 0) is 0 Å². The van der Waals surface area contributed by atoms with Gasteiger partial charge in [0.25, 0.3) is 5.91 Å². The summed E-state index contributed by atoms with van der Waals surface area (Å²) in [6, 6.07) is 16.6. The fraction of sp³-hybridized carbons (Fsp3) is 0. The number of aromatic nitrogens is 2. The third-order valence-corrected chi connectivity index (χ3v) is 3.46. The van der Waals surface area contributed by atoms with Crippen molar-refractivity contribution in [1.29, 1.82) is 0 Å². The second kappa shape index (κ2) is 6.37. The number of halogens is 1. The van der Waals surface area contributed by atoms with Crippen LogP contribution >= 0.6 is 11.6 Å². The summed E-state index contributed by atoms with van der Waals surface area (Å²) < 4.78 is 0. The molecule has 0 saturated heterocycles. The maximum atomic E-state index is 12.5. The van der Waals surface area contributed by atoms with Gasteiger partial charge in [-0.25, -0.2) is 9.97 Å². The van der Waals surface area contributed by atoms with Gasteiger partial charge in [-0.2, -0.15) is 0 Å². The molecule has 0 aliphatic carbocycles. The zero-order chi connectivity index (χ0) is 15.4. The van der Waals surface area contributed by atoms with E-state index in [1.54, 1.807) is 24.3 Å². The molecule has 0 bridgehead atoms. The van der Waals surface area contributed by atoms with Crippen LogP contribution in [0.1, 0.15) is 10.4 Å². The van der Waals surface area contributed by atoms with Gasteiger partial charge in [0.1, 0.15) is 6.33 Å². The van der Waals surface area contributed by atoms with E-state index in [4.69, 9.17) is 11.6 Å². The molecule has 0 unspecified atom stereocenters. The van der Waals surface area contributed by atoms with Crippen LogP contribution in [0, 0.1) is 0 Å². The smallest absolute Gasteiger partial charge is 0.259 e. The van der Waals surface area contributed by atoms with Crippen LogP contribution in [0.25, 0.3) is 11.3 Å². The molecule has 0 fully saturated rings. The molecule has 1 aromatic heterocycles. The van der Waals surface area contributed by atoms with Gasteiger partial charge in [-0.15, -0.1) is 0 Å². The second-order valence-electron chi connectivity index (χ2n) is 4.59. The second-order valence-corrected chi connectivity index (χ2v) is 4.99. The lowest BCUT2D eigenvalue weighted by molar-refractivity contribution is 0.102. The van der Waals surface area contributed by atoms with E-state index in [0.29, 0.717) is 22.0 Å². The fourth-order valence-corrected chi connectivity index (χ4v) is 2.26. The molecule has 22 heavy (non-hydrogen) atoms. The number of amides is 1. The molecule has 0 aliphatic rings. The lowest BCUT2D eigenvalue weighted by atomic mass is 10.1. The van der Waals surface area contributed by atoms with Crippen molar-refractivity contribution < 1.29 is 4.79 Å². The fourth-order valence-electron chi connectivity index (χ4n) is 2.07. The first kappa shape index (κ1) is 14.2. The first-order valence-corrected chi connectivity index (χ1v) is 7.05. The van der Waals surface area contributed by atoms with Gasteiger partial charge in [0.2, 0.25) is 0 Å². The maximum absolute atomic E-state index is 12.5. The Kier molecular flexibility index (Phi) is 4.12. The number of benzene rings is 2. The molecule has 108 valence electrons. The molecule has 0 radical (unpaired) electrons. The first-order chi connectivity index (χ1) is 10.8. The predicted molar refractivity (Wildman–Crippen MR) is 86.9 cm³/mol. The molecule has 4 nitrogen and oxygen atoms in total. The Morgan fingerprint density at radius 3 is 2.50 bits per heavy atom. The van der Waals surface area contributed by atoms with Crippen molar-refractivity contribution in [2.45, 2.75) is 0 Å². The largest absolute Gasteiger partial charge is 0.321 e. The van der Waals surface area contributed by atoms with Crippen molar-refractivity contribution in [1.82, 2.24) is 9.97 Å². The first-order valence-electron chi connectivity index (χ1n) is 6.67. The highest BCUT2D eigenvalue weighted by atomic mass is 35.5. The third-order valence-electron chi connectivity index (χ3n) is 3.13. The number of rotatable bonds is 3. The number of nitrogens with one attached hydrogen (secondary N) is 1. The summed E-state index contributed by atoms with van der Waals surface area (Å²) in [5, 5.41) is 3.27. The van der Waals surface area contributed by atoms with Crippen molar-refractivity contribution in [2.24, 2.45) is 0 Å². The summed E-state index contributed by atoms with van der Waals surface area (Å²) in [6.45, 7) is 0. The molecule has 0 aliphatic heterocycles. The lowest BCUT2D eigenvalue weighted by Gasteiger charge is -2.10. The van der Waals surface area contributed by atoms with E-state index in [0.717, 1.165) is 5.56 Å². The molecule has 1 heterocycles. The van der Waals surface area contributed by atoms with Crippen LogP contribution < -0.4 is 5.32 Å². The Hall–Kier alpha value is -2.72. The van der Waals surface area contributed by atoms with Gasteiger partial charge in [-0.05, 0) is 12.1 Å². The van der Waals surface area contributed by atoms with Crippen LogP contribution in [0.5, 0.6) is 0 Å². The lowest BCUT2D eigenvalue weighted by Crippen LogP contribution is -2.14. The van der Waals surface area contributed by atoms with E-state index >= 15 is 0 Å². The summed E-state index contributed by atoms with van der Waals surface area (Å²) in [7, 11) is 0. The standard InChI is InChI=1S/C17H12ClN3O/c18-14-8-4-5-9-15(14)21-17(22)13-10-19-11-20-16(13)12-6-2-1-3-7-12/h1-11H,(H,21,22). The molecular formula is C17H12ClN3O. The number of hydrogen-bond donors (Lipinski definition) is 1. The number of carbonyl (C=O) groups is 1. The van der Waals surface area contributed by atoms with E-state index in [-0.39, 0.29) is 5.91 Å². The molecule has 2 aromatic carbocycles. The van der Waals surface area contributed by atoms with E-state index in [1.807, 2.05) is 30.3 Å². The summed E-state index contributed by atoms with van der Waals surface area (Å²) >= 11 is 6.07. The minimum Gasteiger partial charge on any atom is -0.321 e. The average molecular weight is 310 g/mol. The van der Waals surface area contributed by atoms with Crippen molar-refractivity contribution in [2.75, 3.05) is 5.32 Å². The summed E-state index contributed by atoms with van der Waals surface area (Å²) in [6.07, 6.45) is 2.93. The molecule has 0 saturated carbocycles. The highest BCUT2D eigenvalue weighted by Crippen LogP contribution is 2.24. The molecule has 1 amide bonds. The summed E-state index contributed by atoms with van der Waals surface area (Å²) in [5.41, 5.74) is 2.39. The molecule has 0 spiro atoms. The monoisotopic (exact) mass is 309 g/mol. The van der Waals surface area contributed by atoms with Crippen LogP contribution in [0.4, 0.5) is 5.69 Å². The zero-order valence-corrected chi connectivity index (χ0v) is 12.3. The third kappa shape index (κ3) is 2.97. The number of carbonyl (C=O) groups excluding carboxylic acids is 1. The Morgan fingerprint density at radius 2 is 1.73 bits per heavy atom. The minimum atomic E-state index is -0.299. The number of anilines is 1. The Bertz CT molecular complexity index is 806. The van der Waals surface area contributed by atoms with Gasteiger partial charge < -0.3 is 5.32 Å². The maximum Gasteiger partial charge on any atom is 0.259 e. The van der Waals surface area contributed by atoms with E-state index in [1.165, 1.54) is 12.5 Å². The average Bonchev–Trinajstić information content (AvgIpc) is 2.58. The van der Waals surface area contributed by atoms with Gasteiger partial charge >= 0.3 is 0 Å². The van der Waals surface area contributed by atoms with Crippen molar-refractivity contribution >= 4 is 23.2 Å². The predicted octanol–water partition coefficient (Wildman–Crippen LogP) is 4.05. The highest BCUT2D eigenvalue weighted by molar-refractivity contribution is 6.34. The molecule has 5 heteroatoms. The van der Waals surface area contributed by atoms with Crippen LogP contribution in [0.3, 0.4) is 0 Å². The number of para-hydroxylation sites is 1. The Labute approximate surface area is 132 Å². The quantitative estimate of drug-likeness (QED) is 0.794. The highest BCUT2D eigenvalue weighted by Gasteiger charge is 2.15. The van der Waals surface area contributed by atoms with Gasteiger partial charge in [-0.1, -0.05) is 54.1 Å². The zero-order valence-electron chi connectivity index (χ0n) is 11.5. The van der Waals surface area contributed by atoms with E-state index in [9.17, 15) is 4.79 Å². The number of nitrogens with zero attached hydrogens (tertiary/aromatic N) is 2. The number of hydrogen-bond acceptors (Lipinski definition) is 3. The van der Waals surface area contributed by atoms with Crippen molar-refractivity contribution in [3.8, 4) is 11.3 Å². The van der Waals surface area contributed by atoms with E-state index < -0.39 is 0 Å². The van der Waals surface area contributed by atoms with Gasteiger partial charge in [0, 0.05) is 11.8 Å². The Morgan fingerprint density at radius 1 is 1.00 bits per heavy atom. The van der Waals surface area contributed by atoms with Crippen LogP contribution in [0.15, 0.2) is 67.1 Å². The molecule has 3 aromatic rings. The van der Waals surface area contributed by atoms with E-state index in [2.05, 4.69) is 15.3 Å². The molecular weight excluding hydrogens is 298 g/mol. The normalized spacial score (nSPS) is 10.2. The topological polar surface area (TPSA) is 54.9 Å². The van der Waals surface area contributed by atoms with Crippen LogP contribution in [-0.4, -0.2) is 15.9 Å². The van der Waals surface area contributed by atoms with Crippen LogP contribution in [0.2, 0.25) is 5.02 Å². The van der Waals surface area contributed by atoms with Gasteiger partial charge in [-0.3, -0.25) is 4.79 Å². The SMILES string of the molecule is O=C(Nc1ccccc1Cl)c1cncnc1-c1ccccc1. The van der Waals surface area contributed by atoms with Gasteiger partial charge in [0.05, 0.1) is 22.0 Å². The molecule has 1 N–H and O–H groups in total. The molecule has 0 atom stereocenters. The molecule has 3 rings (SSSR count). The summed E-state index contributed by atoms with van der Waals surface area (Å²) in [5.74, 6) is -0.299. The van der Waals surface area contributed by atoms with Gasteiger partial charge in [0.15, 0.2) is 0 Å². The minimum absolute atomic E-state index is 0.299. The Balaban J connectivity index is 1.96. The van der Waals surface area contributed by atoms with Crippen molar-refractivity contribution in [3.05, 3.63) is 77.7 Å². The van der Waals surface area contributed by atoms with Crippen molar-refractivity contribution in [3.63, 3.8) is 0 Å². The summed E-state index contributed by atoms with van der Waals surface area (Å²) in [4.78, 5) is 20.7.